The summed E-state index contributed by atoms with van der Waals surface area (Å²) in [5.41, 5.74) is 1.12. The minimum absolute atomic E-state index is 0.00979. The lowest BCUT2D eigenvalue weighted by Gasteiger charge is -2.26. The lowest BCUT2D eigenvalue weighted by molar-refractivity contribution is -0.154. The predicted molar refractivity (Wildman–Crippen MR) is 76.5 cm³/mol. The number of likely N-dealkylation sites (N-methyl/N-ethyl adjacent to an activating group) is 1. The van der Waals surface area contributed by atoms with Gasteiger partial charge in [0.1, 0.15) is 5.75 Å². The van der Waals surface area contributed by atoms with Crippen molar-refractivity contribution in [3.63, 3.8) is 0 Å². The van der Waals surface area contributed by atoms with E-state index in [-0.39, 0.29) is 12.3 Å². The Morgan fingerprint density at radius 2 is 1.53 bits per heavy atom. The average molecular weight is 267 g/mol. The van der Waals surface area contributed by atoms with Gasteiger partial charge in [0.25, 0.3) is 0 Å². The summed E-state index contributed by atoms with van der Waals surface area (Å²) >= 11 is 0. The van der Waals surface area contributed by atoms with Crippen LogP contribution in [0.25, 0.3) is 0 Å². The van der Waals surface area contributed by atoms with Crippen LogP contribution in [0.5, 0.6) is 5.75 Å². The number of nitrogens with one attached hydrogen (secondary N) is 1. The average Bonchev–Trinajstić information content (AvgIpc) is 2.42. The summed E-state index contributed by atoms with van der Waals surface area (Å²) in [7, 11) is 1.91. The van der Waals surface area contributed by atoms with Gasteiger partial charge in [-0.2, -0.15) is 0 Å². The molecule has 4 nitrogen and oxygen atoms in total. The highest BCUT2D eigenvalue weighted by Gasteiger charge is 2.22. The molecule has 1 N–H and O–H groups in total. The first-order chi connectivity index (χ1) is 9.26. The lowest BCUT2D eigenvalue weighted by atomic mass is 10.1. The Hall–Kier alpha value is -1.10. The van der Waals surface area contributed by atoms with Crippen LogP contribution in [-0.4, -0.2) is 33.2 Å². The third kappa shape index (κ3) is 4.82. The molecule has 0 radical (unpaired) electrons. The quantitative estimate of drug-likeness (QED) is 0.698. The highest BCUT2D eigenvalue weighted by molar-refractivity contribution is 5.29. The monoisotopic (exact) mass is 267 g/mol. The minimum Gasteiger partial charge on any atom is -0.494 e. The van der Waals surface area contributed by atoms with E-state index in [0.717, 1.165) is 11.3 Å². The van der Waals surface area contributed by atoms with Crippen LogP contribution in [-0.2, 0) is 9.47 Å². The molecule has 0 saturated carbocycles. The van der Waals surface area contributed by atoms with E-state index >= 15 is 0 Å². The summed E-state index contributed by atoms with van der Waals surface area (Å²) in [4.78, 5) is 0. The van der Waals surface area contributed by atoms with Crippen molar-refractivity contribution in [3.05, 3.63) is 29.8 Å². The van der Waals surface area contributed by atoms with Gasteiger partial charge in [0.05, 0.1) is 12.6 Å². The molecule has 108 valence electrons. The van der Waals surface area contributed by atoms with E-state index in [9.17, 15) is 0 Å². The van der Waals surface area contributed by atoms with E-state index in [1.54, 1.807) is 0 Å². The second kappa shape index (κ2) is 8.91. The molecule has 1 aromatic carbocycles. The predicted octanol–water partition coefficient (Wildman–Crippen LogP) is 2.74. The summed E-state index contributed by atoms with van der Waals surface area (Å²) in [6.45, 7) is 7.84. The maximum atomic E-state index is 5.65. The van der Waals surface area contributed by atoms with E-state index in [4.69, 9.17) is 14.2 Å². The number of ether oxygens (including phenoxy) is 3. The Kier molecular flexibility index (Phi) is 7.48. The SMILES string of the molecule is CCOc1ccc(C(NC)C(OCC)OCC)cc1. The summed E-state index contributed by atoms with van der Waals surface area (Å²) < 4.78 is 16.7. The molecule has 0 amide bonds. The minimum atomic E-state index is -0.280. The number of benzene rings is 1. The van der Waals surface area contributed by atoms with Crippen LogP contribution in [0.1, 0.15) is 32.4 Å². The molecule has 0 spiro atoms. The maximum absolute atomic E-state index is 5.65. The fraction of sp³-hybridized carbons (Fsp3) is 0.600. The molecule has 1 atom stereocenters. The van der Waals surface area contributed by atoms with Crippen molar-refractivity contribution >= 4 is 0 Å². The summed E-state index contributed by atoms with van der Waals surface area (Å²) in [6.07, 6.45) is -0.280. The molecule has 0 aliphatic rings. The van der Waals surface area contributed by atoms with E-state index in [0.29, 0.717) is 19.8 Å². The van der Waals surface area contributed by atoms with Gasteiger partial charge in [-0.1, -0.05) is 12.1 Å². The van der Waals surface area contributed by atoms with E-state index < -0.39 is 0 Å². The van der Waals surface area contributed by atoms with Gasteiger partial charge in [0.15, 0.2) is 6.29 Å². The molecule has 19 heavy (non-hydrogen) atoms. The van der Waals surface area contributed by atoms with Crippen molar-refractivity contribution in [2.75, 3.05) is 26.9 Å². The van der Waals surface area contributed by atoms with Gasteiger partial charge in [-0.3, -0.25) is 0 Å². The second-order valence-electron chi connectivity index (χ2n) is 4.05. The Morgan fingerprint density at radius 3 is 1.95 bits per heavy atom. The fourth-order valence-corrected chi connectivity index (χ4v) is 1.97. The first-order valence-electron chi connectivity index (χ1n) is 6.89. The van der Waals surface area contributed by atoms with Crippen LogP contribution < -0.4 is 10.1 Å². The van der Waals surface area contributed by atoms with Crippen molar-refractivity contribution in [3.8, 4) is 5.75 Å². The Morgan fingerprint density at radius 1 is 0.947 bits per heavy atom. The van der Waals surface area contributed by atoms with Gasteiger partial charge >= 0.3 is 0 Å². The fourth-order valence-electron chi connectivity index (χ4n) is 1.97. The zero-order chi connectivity index (χ0) is 14.1. The van der Waals surface area contributed by atoms with Crippen molar-refractivity contribution in [1.82, 2.24) is 5.32 Å². The van der Waals surface area contributed by atoms with Crippen LogP contribution in [0.15, 0.2) is 24.3 Å². The number of rotatable bonds is 9. The Balaban J connectivity index is 2.81. The van der Waals surface area contributed by atoms with Crippen LogP contribution in [0.4, 0.5) is 0 Å². The molecule has 4 heteroatoms. The largest absolute Gasteiger partial charge is 0.494 e. The lowest BCUT2D eigenvalue weighted by Crippen LogP contribution is -2.34. The van der Waals surface area contributed by atoms with Crippen LogP contribution >= 0.6 is 0 Å². The van der Waals surface area contributed by atoms with Crippen LogP contribution in [0.3, 0.4) is 0 Å². The number of hydrogen-bond donors (Lipinski definition) is 1. The van der Waals surface area contributed by atoms with Crippen LogP contribution in [0.2, 0.25) is 0 Å². The zero-order valence-electron chi connectivity index (χ0n) is 12.3. The highest BCUT2D eigenvalue weighted by Crippen LogP contribution is 2.22. The molecule has 1 unspecified atom stereocenters. The smallest absolute Gasteiger partial charge is 0.176 e. The first-order valence-corrected chi connectivity index (χ1v) is 6.89. The molecule has 0 heterocycles. The first kappa shape index (κ1) is 16.0. The second-order valence-corrected chi connectivity index (χ2v) is 4.05. The molecule has 0 aliphatic carbocycles. The molecule has 0 bridgehead atoms. The Labute approximate surface area is 116 Å². The van der Waals surface area contributed by atoms with Gasteiger partial charge in [-0.25, -0.2) is 0 Å². The third-order valence-electron chi connectivity index (χ3n) is 2.80. The molecule has 0 aromatic heterocycles. The van der Waals surface area contributed by atoms with Gasteiger partial charge < -0.3 is 19.5 Å². The summed E-state index contributed by atoms with van der Waals surface area (Å²) in [5.74, 6) is 0.880. The topological polar surface area (TPSA) is 39.7 Å². The van der Waals surface area contributed by atoms with Crippen molar-refractivity contribution < 1.29 is 14.2 Å². The normalized spacial score (nSPS) is 12.7. The summed E-state index contributed by atoms with van der Waals surface area (Å²) in [5, 5.41) is 3.25. The van der Waals surface area contributed by atoms with Gasteiger partial charge in [-0.05, 0) is 45.5 Å². The molecular weight excluding hydrogens is 242 g/mol. The standard InChI is InChI=1S/C15H25NO3/c1-5-17-13-10-8-12(9-11-13)14(16-4)15(18-6-2)19-7-3/h8-11,14-16H,5-7H2,1-4H3. The Bertz CT molecular complexity index is 334. The molecule has 1 aromatic rings. The maximum Gasteiger partial charge on any atom is 0.176 e. The molecule has 0 aliphatic heterocycles. The molecule has 0 saturated heterocycles. The van der Waals surface area contributed by atoms with Gasteiger partial charge in [-0.15, -0.1) is 0 Å². The van der Waals surface area contributed by atoms with Crippen molar-refractivity contribution in [2.45, 2.75) is 33.1 Å². The molecule has 1 rings (SSSR count). The third-order valence-corrected chi connectivity index (χ3v) is 2.80. The van der Waals surface area contributed by atoms with Crippen molar-refractivity contribution in [2.24, 2.45) is 0 Å². The zero-order valence-corrected chi connectivity index (χ0v) is 12.3. The molecule has 0 fully saturated rings. The van der Waals surface area contributed by atoms with E-state index in [1.165, 1.54) is 0 Å². The molecular formula is C15H25NO3. The highest BCUT2D eigenvalue weighted by atomic mass is 16.7. The van der Waals surface area contributed by atoms with Gasteiger partial charge in [0, 0.05) is 13.2 Å². The van der Waals surface area contributed by atoms with Gasteiger partial charge in [0.2, 0.25) is 0 Å². The van der Waals surface area contributed by atoms with Crippen molar-refractivity contribution in [1.29, 1.82) is 0 Å². The van der Waals surface area contributed by atoms with E-state index in [2.05, 4.69) is 5.32 Å². The van der Waals surface area contributed by atoms with Crippen LogP contribution in [0, 0.1) is 0 Å². The number of hydrogen-bond acceptors (Lipinski definition) is 4. The summed E-state index contributed by atoms with van der Waals surface area (Å²) in [6, 6.07) is 8.03. The van der Waals surface area contributed by atoms with E-state index in [1.807, 2.05) is 52.1 Å².